The zero-order chi connectivity index (χ0) is 18.3. The summed E-state index contributed by atoms with van der Waals surface area (Å²) in [5, 5.41) is -0.537. The number of piperidine rings is 1. The number of rotatable bonds is 3. The summed E-state index contributed by atoms with van der Waals surface area (Å²) < 4.78 is 34.4. The van der Waals surface area contributed by atoms with Crippen LogP contribution in [0.4, 0.5) is 0 Å². The van der Waals surface area contributed by atoms with Gasteiger partial charge in [-0.2, -0.15) is 4.31 Å². The number of morpholine rings is 1. The van der Waals surface area contributed by atoms with Crippen LogP contribution in [0, 0.1) is 6.92 Å². The number of nitrogens with zero attached hydrogens (tertiary/aromatic N) is 4. The number of sulfonamides is 1. The van der Waals surface area contributed by atoms with Gasteiger partial charge in [0.05, 0.1) is 24.2 Å². The first-order valence-corrected chi connectivity index (χ1v) is 11.1. The second kappa shape index (κ2) is 6.91. The maximum Gasteiger partial charge on any atom is 0.265 e. The van der Waals surface area contributed by atoms with Gasteiger partial charge in [-0.3, -0.25) is 9.20 Å². The zero-order valence-corrected chi connectivity index (χ0v) is 16.3. The van der Waals surface area contributed by atoms with E-state index in [-0.39, 0.29) is 12.5 Å². The van der Waals surface area contributed by atoms with Gasteiger partial charge in [-0.25, -0.2) is 13.4 Å². The van der Waals surface area contributed by atoms with Crippen LogP contribution in [0.1, 0.15) is 28.2 Å². The minimum absolute atomic E-state index is 0.111. The van der Waals surface area contributed by atoms with Gasteiger partial charge in [0.25, 0.3) is 5.91 Å². The number of ether oxygens (including phenoxy) is 1. The minimum Gasteiger partial charge on any atom is -0.379 e. The van der Waals surface area contributed by atoms with E-state index in [9.17, 15) is 13.2 Å². The van der Waals surface area contributed by atoms with Crippen LogP contribution in [0.2, 0.25) is 0 Å². The van der Waals surface area contributed by atoms with E-state index in [0.717, 1.165) is 10.7 Å². The Labute approximate surface area is 156 Å². The monoisotopic (exact) mass is 398 g/mol. The predicted octanol–water partition coefficient (Wildman–Crippen LogP) is 0.971. The fourth-order valence-corrected chi connectivity index (χ4v) is 6.44. The average Bonchev–Trinajstić information content (AvgIpc) is 3.19. The van der Waals surface area contributed by atoms with Crippen molar-refractivity contribution >= 4 is 32.2 Å². The first kappa shape index (κ1) is 17.9. The summed E-state index contributed by atoms with van der Waals surface area (Å²) in [6, 6.07) is 0. The van der Waals surface area contributed by atoms with Crippen LogP contribution in [-0.4, -0.2) is 77.6 Å². The lowest BCUT2D eigenvalue weighted by Gasteiger charge is -2.36. The Balaban J connectivity index is 1.50. The molecule has 4 heterocycles. The lowest BCUT2D eigenvalue weighted by Crippen LogP contribution is -2.51. The second-order valence-corrected chi connectivity index (χ2v) is 9.96. The van der Waals surface area contributed by atoms with E-state index in [2.05, 4.69) is 4.98 Å². The summed E-state index contributed by atoms with van der Waals surface area (Å²) >= 11 is 1.34. The van der Waals surface area contributed by atoms with Gasteiger partial charge >= 0.3 is 0 Å². The highest BCUT2D eigenvalue weighted by molar-refractivity contribution is 7.89. The summed E-state index contributed by atoms with van der Waals surface area (Å²) in [5.74, 6) is -0.111. The summed E-state index contributed by atoms with van der Waals surface area (Å²) in [5.41, 5.74) is 0.907. The molecule has 2 saturated heterocycles. The summed E-state index contributed by atoms with van der Waals surface area (Å²) in [6.45, 7) is 4.41. The Morgan fingerprint density at radius 3 is 2.77 bits per heavy atom. The molecule has 1 atom stereocenters. The molecule has 2 fully saturated rings. The number of likely N-dealkylation sites (tertiary alicyclic amines) is 1. The molecular formula is C16H22N4O4S2. The zero-order valence-electron chi connectivity index (χ0n) is 14.6. The third-order valence-corrected chi connectivity index (χ3v) is 8.20. The number of hydrogen-bond donors (Lipinski definition) is 0. The van der Waals surface area contributed by atoms with Crippen LogP contribution in [0.15, 0.2) is 12.4 Å². The third-order valence-electron chi connectivity index (χ3n) is 4.90. The Bertz CT molecular complexity index is 882. The fraction of sp³-hybridized carbons (Fsp3) is 0.625. The molecule has 2 aliphatic heterocycles. The van der Waals surface area contributed by atoms with Gasteiger partial charge in [-0.1, -0.05) is 11.3 Å². The lowest BCUT2D eigenvalue weighted by atomic mass is 10.1. The summed E-state index contributed by atoms with van der Waals surface area (Å²) in [7, 11) is -3.41. The molecule has 0 radical (unpaired) electrons. The number of aryl methyl sites for hydroxylation is 1. The predicted molar refractivity (Wildman–Crippen MR) is 98.0 cm³/mol. The van der Waals surface area contributed by atoms with Crippen molar-refractivity contribution in [2.24, 2.45) is 0 Å². The molecule has 0 bridgehead atoms. The molecule has 26 heavy (non-hydrogen) atoms. The molecule has 0 saturated carbocycles. The Morgan fingerprint density at radius 1 is 1.27 bits per heavy atom. The summed E-state index contributed by atoms with van der Waals surface area (Å²) in [4.78, 5) is 20.3. The minimum atomic E-state index is -3.41. The largest absolute Gasteiger partial charge is 0.379 e. The van der Waals surface area contributed by atoms with Crippen LogP contribution < -0.4 is 0 Å². The second-order valence-electron chi connectivity index (χ2n) is 6.74. The third kappa shape index (κ3) is 3.26. The molecule has 1 unspecified atom stereocenters. The Kier molecular flexibility index (Phi) is 4.76. The van der Waals surface area contributed by atoms with Gasteiger partial charge < -0.3 is 9.64 Å². The van der Waals surface area contributed by atoms with E-state index in [1.54, 1.807) is 11.1 Å². The van der Waals surface area contributed by atoms with Crippen molar-refractivity contribution in [2.75, 3.05) is 39.4 Å². The highest BCUT2D eigenvalue weighted by Crippen LogP contribution is 2.25. The van der Waals surface area contributed by atoms with E-state index < -0.39 is 15.3 Å². The topological polar surface area (TPSA) is 84.2 Å². The molecule has 2 aromatic heterocycles. The molecule has 2 aromatic rings. The van der Waals surface area contributed by atoms with Crippen molar-refractivity contribution in [2.45, 2.75) is 25.0 Å². The number of fused-ring (bicyclic) bond motifs is 1. The van der Waals surface area contributed by atoms with Gasteiger partial charge in [-0.15, -0.1) is 0 Å². The van der Waals surface area contributed by atoms with Crippen molar-refractivity contribution in [3.8, 4) is 0 Å². The Hall–Kier alpha value is -1.49. The van der Waals surface area contributed by atoms with E-state index in [4.69, 9.17) is 4.74 Å². The number of aromatic nitrogens is 2. The molecule has 4 rings (SSSR count). The fourth-order valence-electron chi connectivity index (χ4n) is 3.55. The quantitative estimate of drug-likeness (QED) is 0.769. The van der Waals surface area contributed by atoms with Gasteiger partial charge in [0.15, 0.2) is 4.96 Å². The van der Waals surface area contributed by atoms with Crippen LogP contribution in [0.25, 0.3) is 4.96 Å². The first-order chi connectivity index (χ1) is 12.4. The van der Waals surface area contributed by atoms with Gasteiger partial charge in [0.2, 0.25) is 10.0 Å². The summed E-state index contributed by atoms with van der Waals surface area (Å²) in [6.07, 6.45) is 4.95. The maximum absolute atomic E-state index is 12.9. The van der Waals surface area contributed by atoms with E-state index in [1.165, 1.54) is 15.6 Å². The maximum atomic E-state index is 12.9. The van der Waals surface area contributed by atoms with Crippen molar-refractivity contribution in [3.63, 3.8) is 0 Å². The van der Waals surface area contributed by atoms with Gasteiger partial charge in [0.1, 0.15) is 4.88 Å². The van der Waals surface area contributed by atoms with Crippen LogP contribution in [-0.2, 0) is 14.8 Å². The molecule has 8 nitrogen and oxygen atoms in total. The average molecular weight is 399 g/mol. The Morgan fingerprint density at radius 2 is 2.04 bits per heavy atom. The first-order valence-electron chi connectivity index (χ1n) is 8.76. The molecule has 10 heteroatoms. The standard InChI is InChI=1S/C16H22N4O4S2/c1-12-9-19-11-14(25-16(19)17-12)15(21)18-4-2-3-13(10-18)26(22,23)20-5-7-24-8-6-20/h9,11,13H,2-8,10H2,1H3. The number of thiazole rings is 1. The smallest absolute Gasteiger partial charge is 0.265 e. The molecular weight excluding hydrogens is 376 g/mol. The molecule has 1 amide bonds. The van der Waals surface area contributed by atoms with E-state index in [0.29, 0.717) is 50.6 Å². The van der Waals surface area contributed by atoms with Crippen LogP contribution in [0.3, 0.4) is 0 Å². The van der Waals surface area contributed by atoms with Crippen molar-refractivity contribution in [1.82, 2.24) is 18.6 Å². The number of carbonyl (C=O) groups excluding carboxylic acids is 1. The highest BCUT2D eigenvalue weighted by Gasteiger charge is 2.37. The normalized spacial score (nSPS) is 22.8. The highest BCUT2D eigenvalue weighted by atomic mass is 32.2. The number of amides is 1. The van der Waals surface area contributed by atoms with Crippen LogP contribution >= 0.6 is 11.3 Å². The molecule has 0 N–H and O–H groups in total. The molecule has 0 spiro atoms. The van der Waals surface area contributed by atoms with Crippen molar-refractivity contribution < 1.29 is 17.9 Å². The van der Waals surface area contributed by atoms with Gasteiger partial charge in [-0.05, 0) is 19.8 Å². The number of carbonyl (C=O) groups is 1. The number of hydrogen-bond acceptors (Lipinski definition) is 6. The lowest BCUT2D eigenvalue weighted by molar-refractivity contribution is 0.0688. The SMILES string of the molecule is Cc1cn2cc(C(=O)N3CCCC(S(=O)(=O)N4CCOCC4)C3)sc2n1. The van der Waals surface area contributed by atoms with Crippen molar-refractivity contribution in [3.05, 3.63) is 23.0 Å². The van der Waals surface area contributed by atoms with Crippen molar-refractivity contribution in [1.29, 1.82) is 0 Å². The van der Waals surface area contributed by atoms with Crippen LogP contribution in [0.5, 0.6) is 0 Å². The molecule has 142 valence electrons. The number of imidazole rings is 1. The van der Waals surface area contributed by atoms with E-state index >= 15 is 0 Å². The molecule has 0 aliphatic carbocycles. The molecule has 2 aliphatic rings. The molecule has 0 aromatic carbocycles. The van der Waals surface area contributed by atoms with E-state index in [1.807, 2.05) is 17.5 Å². The van der Waals surface area contributed by atoms with Gasteiger partial charge in [0, 0.05) is 38.6 Å².